The summed E-state index contributed by atoms with van der Waals surface area (Å²) in [5.74, 6) is 1.68. The molecule has 0 aliphatic heterocycles. The summed E-state index contributed by atoms with van der Waals surface area (Å²) in [6.45, 7) is 2.19. The zero-order valence-corrected chi connectivity index (χ0v) is 9.54. The maximum absolute atomic E-state index is 9.03. The molecule has 0 saturated carbocycles. The molecule has 0 spiro atoms. The van der Waals surface area contributed by atoms with Gasteiger partial charge in [0, 0.05) is 17.7 Å². The summed E-state index contributed by atoms with van der Waals surface area (Å²) >= 11 is 0. The molecule has 0 aliphatic rings. The van der Waals surface area contributed by atoms with Gasteiger partial charge in [0.15, 0.2) is 0 Å². The lowest BCUT2D eigenvalue weighted by molar-refractivity contribution is 0.295. The first-order valence-corrected chi connectivity index (χ1v) is 5.12. The van der Waals surface area contributed by atoms with E-state index in [0.717, 1.165) is 29.0 Å². The molecule has 3 heteroatoms. The van der Waals surface area contributed by atoms with Crippen molar-refractivity contribution in [3.05, 3.63) is 23.3 Å². The molecule has 0 amide bonds. The Balaban J connectivity index is 3.24. The van der Waals surface area contributed by atoms with Crippen LogP contribution in [0.2, 0.25) is 0 Å². The number of hydrogen-bond donors (Lipinski definition) is 1. The molecular formula is C12H18O3. The largest absolute Gasteiger partial charge is 0.496 e. The molecule has 0 aliphatic carbocycles. The van der Waals surface area contributed by atoms with Crippen LogP contribution in [0, 0.1) is 0 Å². The second kappa shape index (κ2) is 5.61. The number of methoxy groups -OCH3 is 2. The zero-order valence-electron chi connectivity index (χ0n) is 9.54. The second-order valence-corrected chi connectivity index (χ2v) is 3.25. The molecule has 0 fully saturated rings. The van der Waals surface area contributed by atoms with Gasteiger partial charge in [-0.3, -0.25) is 0 Å². The lowest BCUT2D eigenvalue weighted by Crippen LogP contribution is -2.03. The predicted octanol–water partition coefficient (Wildman–Crippen LogP) is 1.80. The van der Waals surface area contributed by atoms with Gasteiger partial charge in [0.25, 0.3) is 0 Å². The maximum Gasteiger partial charge on any atom is 0.122 e. The molecule has 1 rings (SSSR count). The third-order valence-electron chi connectivity index (χ3n) is 2.50. The van der Waals surface area contributed by atoms with Gasteiger partial charge in [0.05, 0.1) is 14.2 Å². The third-order valence-corrected chi connectivity index (χ3v) is 2.50. The molecule has 0 aromatic heterocycles. The van der Waals surface area contributed by atoms with Crippen LogP contribution in [0.1, 0.15) is 18.1 Å². The van der Waals surface area contributed by atoms with Gasteiger partial charge in [-0.25, -0.2) is 0 Å². The highest BCUT2D eigenvalue weighted by atomic mass is 16.5. The van der Waals surface area contributed by atoms with Crippen LogP contribution in [0.15, 0.2) is 12.1 Å². The summed E-state index contributed by atoms with van der Waals surface area (Å²) in [7, 11) is 3.30. The van der Waals surface area contributed by atoms with Crippen molar-refractivity contribution in [1.29, 1.82) is 0 Å². The van der Waals surface area contributed by atoms with Gasteiger partial charge < -0.3 is 14.6 Å². The molecule has 3 nitrogen and oxygen atoms in total. The average Bonchev–Trinajstić information content (AvgIpc) is 2.28. The fourth-order valence-corrected chi connectivity index (χ4v) is 1.81. The minimum Gasteiger partial charge on any atom is -0.496 e. The normalized spacial score (nSPS) is 10.1. The summed E-state index contributed by atoms with van der Waals surface area (Å²) in [4.78, 5) is 0. The Morgan fingerprint density at radius 2 is 1.60 bits per heavy atom. The fourth-order valence-electron chi connectivity index (χ4n) is 1.81. The van der Waals surface area contributed by atoms with E-state index in [1.165, 1.54) is 0 Å². The van der Waals surface area contributed by atoms with E-state index in [4.69, 9.17) is 14.6 Å². The van der Waals surface area contributed by atoms with Crippen LogP contribution < -0.4 is 9.47 Å². The highest BCUT2D eigenvalue weighted by Crippen LogP contribution is 2.31. The van der Waals surface area contributed by atoms with Crippen molar-refractivity contribution < 1.29 is 14.6 Å². The maximum atomic E-state index is 9.03. The van der Waals surface area contributed by atoms with Gasteiger partial charge in [0.1, 0.15) is 11.5 Å². The number of ether oxygens (including phenoxy) is 2. The average molecular weight is 210 g/mol. The van der Waals surface area contributed by atoms with Crippen LogP contribution in [0.25, 0.3) is 0 Å². The fraction of sp³-hybridized carbons (Fsp3) is 0.500. The highest BCUT2D eigenvalue weighted by molar-refractivity contribution is 5.48. The number of aliphatic hydroxyl groups excluding tert-OH is 1. The van der Waals surface area contributed by atoms with Crippen molar-refractivity contribution in [3.63, 3.8) is 0 Å². The number of aliphatic hydroxyl groups is 1. The minimum absolute atomic E-state index is 0.122. The Morgan fingerprint density at radius 3 is 2.00 bits per heavy atom. The summed E-state index contributed by atoms with van der Waals surface area (Å²) in [6, 6.07) is 3.78. The van der Waals surface area contributed by atoms with E-state index in [-0.39, 0.29) is 6.61 Å². The Kier molecular flexibility index (Phi) is 4.43. The smallest absolute Gasteiger partial charge is 0.122 e. The van der Waals surface area contributed by atoms with Gasteiger partial charge in [0.2, 0.25) is 0 Å². The molecule has 0 heterocycles. The second-order valence-electron chi connectivity index (χ2n) is 3.25. The lowest BCUT2D eigenvalue weighted by atomic mass is 10.0. The van der Waals surface area contributed by atoms with Crippen LogP contribution >= 0.6 is 0 Å². The van der Waals surface area contributed by atoms with Crippen molar-refractivity contribution >= 4 is 0 Å². The summed E-state index contributed by atoms with van der Waals surface area (Å²) in [5.41, 5.74) is 2.16. The van der Waals surface area contributed by atoms with Crippen molar-refractivity contribution in [1.82, 2.24) is 0 Å². The van der Waals surface area contributed by atoms with E-state index >= 15 is 0 Å². The molecule has 1 N–H and O–H groups in total. The van der Waals surface area contributed by atoms with E-state index in [1.54, 1.807) is 14.2 Å². The third kappa shape index (κ3) is 2.42. The van der Waals surface area contributed by atoms with Crippen molar-refractivity contribution in [2.75, 3.05) is 20.8 Å². The summed E-state index contributed by atoms with van der Waals surface area (Å²) in [6.07, 6.45) is 1.47. The molecule has 0 bridgehead atoms. The van der Waals surface area contributed by atoms with Crippen LogP contribution in [-0.2, 0) is 12.8 Å². The molecule has 84 valence electrons. The van der Waals surface area contributed by atoms with E-state index in [0.29, 0.717) is 6.42 Å². The van der Waals surface area contributed by atoms with Crippen LogP contribution in [0.3, 0.4) is 0 Å². The number of rotatable bonds is 5. The SMILES string of the molecule is CCc1c(OC)ccc(OC)c1CCO. The monoisotopic (exact) mass is 210 g/mol. The minimum atomic E-state index is 0.122. The van der Waals surface area contributed by atoms with Crippen LogP contribution in [0.4, 0.5) is 0 Å². The van der Waals surface area contributed by atoms with E-state index in [9.17, 15) is 0 Å². The Labute approximate surface area is 90.6 Å². The molecular weight excluding hydrogens is 192 g/mol. The molecule has 0 saturated heterocycles. The standard InChI is InChI=1S/C12H18O3/c1-4-9-10(7-8-13)12(15-3)6-5-11(9)14-2/h5-6,13H,4,7-8H2,1-3H3. The van der Waals surface area contributed by atoms with Crippen molar-refractivity contribution in [3.8, 4) is 11.5 Å². The topological polar surface area (TPSA) is 38.7 Å². The van der Waals surface area contributed by atoms with Gasteiger partial charge in [-0.15, -0.1) is 0 Å². The highest BCUT2D eigenvalue weighted by Gasteiger charge is 2.12. The van der Waals surface area contributed by atoms with E-state index < -0.39 is 0 Å². The first kappa shape index (κ1) is 11.9. The Bertz CT molecular complexity index is 321. The van der Waals surface area contributed by atoms with Crippen molar-refractivity contribution in [2.24, 2.45) is 0 Å². The zero-order chi connectivity index (χ0) is 11.3. The molecule has 15 heavy (non-hydrogen) atoms. The van der Waals surface area contributed by atoms with Crippen LogP contribution in [0.5, 0.6) is 11.5 Å². The van der Waals surface area contributed by atoms with Gasteiger partial charge in [-0.2, -0.15) is 0 Å². The van der Waals surface area contributed by atoms with E-state index in [1.807, 2.05) is 12.1 Å². The van der Waals surface area contributed by atoms with Crippen molar-refractivity contribution in [2.45, 2.75) is 19.8 Å². The summed E-state index contributed by atoms with van der Waals surface area (Å²) in [5, 5.41) is 9.03. The van der Waals surface area contributed by atoms with E-state index in [2.05, 4.69) is 6.92 Å². The summed E-state index contributed by atoms with van der Waals surface area (Å²) < 4.78 is 10.6. The molecule has 1 aromatic rings. The molecule has 1 aromatic carbocycles. The Morgan fingerprint density at radius 1 is 1.07 bits per heavy atom. The van der Waals surface area contributed by atoms with Gasteiger partial charge >= 0.3 is 0 Å². The first-order chi connectivity index (χ1) is 7.28. The molecule has 0 radical (unpaired) electrons. The first-order valence-electron chi connectivity index (χ1n) is 5.12. The van der Waals surface area contributed by atoms with Crippen LogP contribution in [-0.4, -0.2) is 25.9 Å². The number of benzene rings is 1. The Hall–Kier alpha value is -1.22. The number of hydrogen-bond acceptors (Lipinski definition) is 3. The van der Waals surface area contributed by atoms with Gasteiger partial charge in [-0.1, -0.05) is 6.92 Å². The molecule has 0 unspecified atom stereocenters. The predicted molar refractivity (Wildman–Crippen MR) is 59.7 cm³/mol. The lowest BCUT2D eigenvalue weighted by Gasteiger charge is -2.15. The van der Waals surface area contributed by atoms with Gasteiger partial charge in [-0.05, 0) is 25.0 Å². The quantitative estimate of drug-likeness (QED) is 0.805. The molecule has 0 atom stereocenters.